The Kier molecular flexibility index (Phi) is 4.37. The maximum atomic E-state index is 12.6. The van der Waals surface area contributed by atoms with Crippen molar-refractivity contribution in [2.75, 3.05) is 13.1 Å². The fraction of sp³-hybridized carbons (Fsp3) is 0.929. The van der Waals surface area contributed by atoms with Crippen molar-refractivity contribution in [2.45, 2.75) is 47.0 Å². The first-order valence-corrected chi connectivity index (χ1v) is 6.70. The van der Waals surface area contributed by atoms with Gasteiger partial charge in [0.05, 0.1) is 0 Å². The Balaban J connectivity index is 2.90. The molecular formula is C14H28N2O. The summed E-state index contributed by atoms with van der Waals surface area (Å²) in [6.07, 6.45) is 3.09. The number of carbonyl (C=O) groups excluding carboxylic acids is 1. The van der Waals surface area contributed by atoms with Crippen molar-refractivity contribution >= 4 is 5.78 Å². The zero-order valence-electron chi connectivity index (χ0n) is 11.8. The van der Waals surface area contributed by atoms with Gasteiger partial charge in [-0.3, -0.25) is 4.79 Å². The standard InChI is InChI=1S/C14H28N2O/c1-13(2,8-15)10-6-5-7-11(12(10)17)14(3,4)9-16/h10-11H,5-9,15-16H2,1-4H3. The van der Waals surface area contributed by atoms with E-state index in [0.29, 0.717) is 18.9 Å². The fourth-order valence-electron chi connectivity index (χ4n) is 2.89. The van der Waals surface area contributed by atoms with Crippen LogP contribution in [0.1, 0.15) is 47.0 Å². The highest BCUT2D eigenvalue weighted by atomic mass is 16.1. The lowest BCUT2D eigenvalue weighted by Crippen LogP contribution is -2.47. The Bertz CT molecular complexity index is 258. The molecule has 0 saturated heterocycles. The van der Waals surface area contributed by atoms with Gasteiger partial charge in [-0.05, 0) is 36.8 Å². The minimum atomic E-state index is -0.0829. The number of ketones is 1. The van der Waals surface area contributed by atoms with Gasteiger partial charge >= 0.3 is 0 Å². The van der Waals surface area contributed by atoms with E-state index in [1.807, 2.05) is 0 Å². The molecule has 100 valence electrons. The van der Waals surface area contributed by atoms with E-state index in [0.717, 1.165) is 19.3 Å². The third kappa shape index (κ3) is 2.89. The molecule has 1 rings (SSSR count). The van der Waals surface area contributed by atoms with Crippen LogP contribution in [0.4, 0.5) is 0 Å². The highest BCUT2D eigenvalue weighted by Gasteiger charge is 2.44. The Morgan fingerprint density at radius 3 is 1.65 bits per heavy atom. The zero-order valence-corrected chi connectivity index (χ0v) is 11.8. The molecule has 17 heavy (non-hydrogen) atoms. The van der Waals surface area contributed by atoms with Crippen LogP contribution >= 0.6 is 0 Å². The first-order valence-electron chi connectivity index (χ1n) is 6.70. The molecule has 1 aliphatic rings. The van der Waals surface area contributed by atoms with Gasteiger partial charge in [-0.2, -0.15) is 0 Å². The van der Waals surface area contributed by atoms with Crippen LogP contribution < -0.4 is 11.5 Å². The summed E-state index contributed by atoms with van der Waals surface area (Å²) in [6, 6.07) is 0. The molecule has 0 radical (unpaired) electrons. The molecule has 0 aromatic rings. The Morgan fingerprint density at radius 2 is 1.35 bits per heavy atom. The van der Waals surface area contributed by atoms with E-state index in [9.17, 15) is 4.79 Å². The van der Waals surface area contributed by atoms with Gasteiger partial charge in [0, 0.05) is 11.8 Å². The van der Waals surface area contributed by atoms with Gasteiger partial charge in [0.1, 0.15) is 5.78 Å². The van der Waals surface area contributed by atoms with Gasteiger partial charge in [0.15, 0.2) is 0 Å². The molecule has 0 aromatic heterocycles. The first kappa shape index (κ1) is 14.7. The van der Waals surface area contributed by atoms with E-state index >= 15 is 0 Å². The molecule has 2 atom stereocenters. The summed E-state index contributed by atoms with van der Waals surface area (Å²) in [7, 11) is 0. The lowest BCUT2D eigenvalue weighted by atomic mass is 9.61. The van der Waals surface area contributed by atoms with Crippen molar-refractivity contribution in [1.82, 2.24) is 0 Å². The van der Waals surface area contributed by atoms with Gasteiger partial charge in [0.2, 0.25) is 0 Å². The Hall–Kier alpha value is -0.410. The molecule has 3 heteroatoms. The lowest BCUT2D eigenvalue weighted by Gasteiger charge is -2.43. The number of Topliss-reactive ketones (excluding diaryl/α,β-unsaturated/α-hetero) is 1. The van der Waals surface area contributed by atoms with Crippen LogP contribution in [0.25, 0.3) is 0 Å². The smallest absolute Gasteiger partial charge is 0.140 e. The highest BCUT2D eigenvalue weighted by molar-refractivity contribution is 5.85. The first-order chi connectivity index (χ1) is 7.76. The van der Waals surface area contributed by atoms with Crippen LogP contribution in [-0.4, -0.2) is 18.9 Å². The second kappa shape index (κ2) is 5.07. The molecule has 0 spiro atoms. The molecule has 0 bridgehead atoms. The lowest BCUT2D eigenvalue weighted by molar-refractivity contribution is -0.137. The topological polar surface area (TPSA) is 69.1 Å². The molecule has 1 aliphatic carbocycles. The maximum absolute atomic E-state index is 12.6. The normalized spacial score (nSPS) is 27.3. The molecule has 4 N–H and O–H groups in total. The van der Waals surface area contributed by atoms with E-state index in [1.54, 1.807) is 0 Å². The third-order valence-electron chi connectivity index (χ3n) is 4.61. The van der Waals surface area contributed by atoms with E-state index in [2.05, 4.69) is 27.7 Å². The van der Waals surface area contributed by atoms with Crippen molar-refractivity contribution in [3.8, 4) is 0 Å². The SMILES string of the molecule is CC(C)(CN)C1CCCC(C(C)(C)CN)C1=O. The monoisotopic (exact) mass is 240 g/mol. The van der Waals surface area contributed by atoms with Crippen LogP contribution in [0, 0.1) is 22.7 Å². The second-order valence-electron chi connectivity index (χ2n) is 6.82. The Labute approximate surface area is 105 Å². The number of rotatable bonds is 4. The van der Waals surface area contributed by atoms with Crippen LogP contribution in [0.5, 0.6) is 0 Å². The minimum absolute atomic E-state index is 0.0829. The molecule has 0 heterocycles. The summed E-state index contributed by atoms with van der Waals surface area (Å²) in [4.78, 5) is 12.6. The van der Waals surface area contributed by atoms with Crippen LogP contribution in [0.2, 0.25) is 0 Å². The van der Waals surface area contributed by atoms with Crippen molar-refractivity contribution in [3.63, 3.8) is 0 Å². The predicted molar refractivity (Wildman–Crippen MR) is 71.5 cm³/mol. The third-order valence-corrected chi connectivity index (χ3v) is 4.61. The van der Waals surface area contributed by atoms with Crippen LogP contribution in [0.15, 0.2) is 0 Å². The van der Waals surface area contributed by atoms with Gasteiger partial charge in [-0.15, -0.1) is 0 Å². The van der Waals surface area contributed by atoms with Crippen LogP contribution in [-0.2, 0) is 4.79 Å². The van der Waals surface area contributed by atoms with Crippen LogP contribution in [0.3, 0.4) is 0 Å². The summed E-state index contributed by atoms with van der Waals surface area (Å²) >= 11 is 0. The molecule has 0 aromatic carbocycles. The largest absolute Gasteiger partial charge is 0.330 e. The molecule has 0 aliphatic heterocycles. The summed E-state index contributed by atoms with van der Waals surface area (Å²) in [5.41, 5.74) is 11.5. The maximum Gasteiger partial charge on any atom is 0.140 e. The van der Waals surface area contributed by atoms with Crippen molar-refractivity contribution in [2.24, 2.45) is 34.1 Å². The number of hydrogen-bond donors (Lipinski definition) is 2. The van der Waals surface area contributed by atoms with E-state index < -0.39 is 0 Å². The fourth-order valence-corrected chi connectivity index (χ4v) is 2.89. The average molecular weight is 240 g/mol. The van der Waals surface area contributed by atoms with E-state index in [-0.39, 0.29) is 22.7 Å². The second-order valence-corrected chi connectivity index (χ2v) is 6.82. The van der Waals surface area contributed by atoms with Crippen molar-refractivity contribution in [3.05, 3.63) is 0 Å². The van der Waals surface area contributed by atoms with E-state index in [1.165, 1.54) is 0 Å². The average Bonchev–Trinajstić information content (AvgIpc) is 2.28. The molecule has 1 fully saturated rings. The number of hydrogen-bond acceptors (Lipinski definition) is 3. The van der Waals surface area contributed by atoms with Gasteiger partial charge in [-0.25, -0.2) is 0 Å². The summed E-state index contributed by atoms with van der Waals surface area (Å²) in [6.45, 7) is 9.56. The Morgan fingerprint density at radius 1 is 1.00 bits per heavy atom. The minimum Gasteiger partial charge on any atom is -0.330 e. The quantitative estimate of drug-likeness (QED) is 0.789. The van der Waals surface area contributed by atoms with Crippen molar-refractivity contribution in [1.29, 1.82) is 0 Å². The molecule has 1 saturated carbocycles. The number of carbonyl (C=O) groups is 1. The van der Waals surface area contributed by atoms with Gasteiger partial charge < -0.3 is 11.5 Å². The molecule has 3 nitrogen and oxygen atoms in total. The predicted octanol–water partition coefficient (Wildman–Crippen LogP) is 1.94. The zero-order chi connectivity index (χ0) is 13.3. The summed E-state index contributed by atoms with van der Waals surface area (Å²) < 4.78 is 0. The van der Waals surface area contributed by atoms with E-state index in [4.69, 9.17) is 11.5 Å². The van der Waals surface area contributed by atoms with Gasteiger partial charge in [-0.1, -0.05) is 34.1 Å². The van der Waals surface area contributed by atoms with Crippen molar-refractivity contribution < 1.29 is 4.79 Å². The van der Waals surface area contributed by atoms with Gasteiger partial charge in [0.25, 0.3) is 0 Å². The molecule has 0 amide bonds. The number of nitrogens with two attached hydrogens (primary N) is 2. The molecule has 2 unspecified atom stereocenters. The summed E-state index contributed by atoms with van der Waals surface area (Å²) in [5, 5.41) is 0. The molecular weight excluding hydrogens is 212 g/mol. The summed E-state index contributed by atoms with van der Waals surface area (Å²) in [5.74, 6) is 0.608. The highest BCUT2D eigenvalue weighted by Crippen LogP contribution is 2.43.